The number of ether oxygens (including phenoxy) is 1. The Morgan fingerprint density at radius 3 is 2.72 bits per heavy atom. The molecule has 0 bridgehead atoms. The second kappa shape index (κ2) is 12.0. The van der Waals surface area contributed by atoms with Gasteiger partial charge in [0.05, 0.1) is 11.2 Å². The van der Waals surface area contributed by atoms with Gasteiger partial charge in [-0.25, -0.2) is 18.7 Å². The van der Waals surface area contributed by atoms with Crippen molar-refractivity contribution in [3.63, 3.8) is 0 Å². The molecule has 0 radical (unpaired) electrons. The number of carbonyl (C=O) groups excluding carboxylic acids is 1. The number of likely N-dealkylation sites (tertiary alicyclic amines) is 1. The monoisotopic (exact) mass is 529 g/mol. The van der Waals surface area contributed by atoms with E-state index < -0.39 is 5.82 Å². The summed E-state index contributed by atoms with van der Waals surface area (Å²) in [5, 5.41) is 6.56. The third-order valence-electron chi connectivity index (χ3n) is 6.66. The predicted molar refractivity (Wildman–Crippen MR) is 150 cm³/mol. The number of benzene rings is 3. The third-order valence-corrected chi connectivity index (χ3v) is 6.66. The van der Waals surface area contributed by atoms with E-state index in [9.17, 15) is 13.6 Å². The minimum Gasteiger partial charge on any atom is -0.490 e. The van der Waals surface area contributed by atoms with Crippen LogP contribution in [0.5, 0.6) is 5.75 Å². The summed E-state index contributed by atoms with van der Waals surface area (Å²) >= 11 is 0. The van der Waals surface area contributed by atoms with E-state index in [-0.39, 0.29) is 30.3 Å². The molecule has 0 atom stereocenters. The van der Waals surface area contributed by atoms with Gasteiger partial charge in [0.25, 0.3) is 0 Å². The van der Waals surface area contributed by atoms with Crippen molar-refractivity contribution in [1.29, 1.82) is 0 Å². The molecule has 0 spiro atoms. The van der Waals surface area contributed by atoms with Gasteiger partial charge in [0.1, 0.15) is 24.3 Å². The number of piperidine rings is 1. The van der Waals surface area contributed by atoms with Gasteiger partial charge in [-0.3, -0.25) is 4.79 Å². The van der Waals surface area contributed by atoms with Gasteiger partial charge in [0.15, 0.2) is 0 Å². The molecule has 0 saturated carbocycles. The number of halogens is 2. The molecule has 5 rings (SSSR count). The van der Waals surface area contributed by atoms with Crippen molar-refractivity contribution >= 4 is 34.1 Å². The fraction of sp³-hybridized carbons (Fsp3) is 0.233. The van der Waals surface area contributed by atoms with Gasteiger partial charge < -0.3 is 20.3 Å². The van der Waals surface area contributed by atoms with Crippen LogP contribution in [0, 0.1) is 5.82 Å². The summed E-state index contributed by atoms with van der Waals surface area (Å²) in [5.74, 6) is -0.0766. The van der Waals surface area contributed by atoms with Gasteiger partial charge in [-0.05, 0) is 48.7 Å². The lowest BCUT2D eigenvalue weighted by atomic mass is 10.0. The Bertz CT molecular complexity index is 1490. The van der Waals surface area contributed by atoms with Crippen LogP contribution < -0.4 is 15.4 Å². The zero-order valence-corrected chi connectivity index (χ0v) is 21.4. The molecule has 1 aliphatic rings. The molecule has 1 fully saturated rings. The number of nitrogens with one attached hydrogen (secondary N) is 2. The lowest BCUT2D eigenvalue weighted by molar-refractivity contribution is -0.111. The average molecular weight is 530 g/mol. The summed E-state index contributed by atoms with van der Waals surface area (Å²) < 4.78 is 33.5. The SMILES string of the molecule is C=CC(=O)Nc1cccc(-c2cccc3cnc(Nc4ccc(OC5CCN(CCF)CC5)cc4F)nc23)c1. The Kier molecular flexibility index (Phi) is 8.07. The number of hydrogen-bond donors (Lipinski definition) is 2. The highest BCUT2D eigenvalue weighted by Gasteiger charge is 2.20. The highest BCUT2D eigenvalue weighted by molar-refractivity contribution is 6.00. The second-order valence-corrected chi connectivity index (χ2v) is 9.33. The van der Waals surface area contributed by atoms with E-state index in [4.69, 9.17) is 4.74 Å². The fourth-order valence-electron chi connectivity index (χ4n) is 4.66. The molecule has 1 saturated heterocycles. The van der Waals surface area contributed by atoms with Gasteiger partial charge in [0.2, 0.25) is 11.9 Å². The van der Waals surface area contributed by atoms with E-state index in [0.717, 1.165) is 42.4 Å². The molecule has 1 aliphatic heterocycles. The van der Waals surface area contributed by atoms with Crippen LogP contribution >= 0.6 is 0 Å². The maximum Gasteiger partial charge on any atom is 0.247 e. The molecule has 3 aromatic carbocycles. The van der Waals surface area contributed by atoms with E-state index in [1.54, 1.807) is 24.4 Å². The van der Waals surface area contributed by atoms with E-state index in [1.807, 2.05) is 36.4 Å². The van der Waals surface area contributed by atoms with Crippen LogP contribution in [0.4, 0.5) is 26.1 Å². The average Bonchev–Trinajstić information content (AvgIpc) is 2.95. The van der Waals surface area contributed by atoms with Gasteiger partial charge in [-0.2, -0.15) is 0 Å². The van der Waals surface area contributed by atoms with Crippen LogP contribution in [0.3, 0.4) is 0 Å². The maximum atomic E-state index is 15.0. The fourth-order valence-corrected chi connectivity index (χ4v) is 4.66. The second-order valence-electron chi connectivity index (χ2n) is 9.33. The Morgan fingerprint density at radius 1 is 1.13 bits per heavy atom. The van der Waals surface area contributed by atoms with Crippen LogP contribution in [0.1, 0.15) is 12.8 Å². The van der Waals surface area contributed by atoms with Gasteiger partial charge in [0, 0.05) is 48.5 Å². The first-order chi connectivity index (χ1) is 19.0. The van der Waals surface area contributed by atoms with Gasteiger partial charge in [-0.1, -0.05) is 36.9 Å². The third kappa shape index (κ3) is 6.38. The molecular formula is C30H29F2N5O2. The molecule has 0 unspecified atom stereocenters. The maximum absolute atomic E-state index is 15.0. The highest BCUT2D eigenvalue weighted by Crippen LogP contribution is 2.31. The number of amides is 1. The minimum atomic E-state index is -0.481. The first-order valence-electron chi connectivity index (χ1n) is 12.8. The lowest BCUT2D eigenvalue weighted by Crippen LogP contribution is -2.39. The molecule has 9 heteroatoms. The summed E-state index contributed by atoms with van der Waals surface area (Å²) in [6, 6.07) is 17.8. The summed E-state index contributed by atoms with van der Waals surface area (Å²) in [6.45, 7) is 5.12. The van der Waals surface area contributed by atoms with E-state index in [1.165, 1.54) is 12.1 Å². The van der Waals surface area contributed by atoms with Crippen LogP contribution in [-0.2, 0) is 4.79 Å². The van der Waals surface area contributed by atoms with E-state index >= 15 is 0 Å². The number of rotatable bonds is 9. The minimum absolute atomic E-state index is 0.0232. The van der Waals surface area contributed by atoms with Crippen molar-refractivity contribution in [3.8, 4) is 16.9 Å². The zero-order valence-electron chi connectivity index (χ0n) is 21.4. The quantitative estimate of drug-likeness (QED) is 0.255. The molecule has 7 nitrogen and oxygen atoms in total. The van der Waals surface area contributed by atoms with Gasteiger partial charge in [-0.15, -0.1) is 0 Å². The Balaban J connectivity index is 1.33. The molecule has 1 amide bonds. The van der Waals surface area contributed by atoms with Crippen molar-refractivity contribution < 1.29 is 18.3 Å². The van der Waals surface area contributed by atoms with Crippen LogP contribution in [0.2, 0.25) is 0 Å². The largest absolute Gasteiger partial charge is 0.490 e. The van der Waals surface area contributed by atoms with Crippen LogP contribution in [0.25, 0.3) is 22.0 Å². The Hall–Kier alpha value is -4.37. The van der Waals surface area contributed by atoms with Gasteiger partial charge >= 0.3 is 0 Å². The predicted octanol–water partition coefficient (Wildman–Crippen LogP) is 6.12. The topological polar surface area (TPSA) is 79.4 Å². The zero-order chi connectivity index (χ0) is 27.2. The molecular weight excluding hydrogens is 500 g/mol. The van der Waals surface area contributed by atoms with Crippen molar-refractivity contribution in [1.82, 2.24) is 14.9 Å². The molecule has 200 valence electrons. The summed E-state index contributed by atoms with van der Waals surface area (Å²) in [6.07, 6.45) is 4.43. The van der Waals surface area contributed by atoms with E-state index in [0.29, 0.717) is 23.5 Å². The van der Waals surface area contributed by atoms with Crippen LogP contribution in [-0.4, -0.2) is 53.2 Å². The molecule has 0 aliphatic carbocycles. The summed E-state index contributed by atoms with van der Waals surface area (Å²) in [4.78, 5) is 22.8. The Morgan fingerprint density at radius 2 is 1.95 bits per heavy atom. The van der Waals surface area contributed by atoms with E-state index in [2.05, 4.69) is 32.1 Å². The number of hydrogen-bond acceptors (Lipinski definition) is 6. The van der Waals surface area contributed by atoms with Crippen molar-refractivity contribution in [2.24, 2.45) is 0 Å². The number of nitrogens with zero attached hydrogens (tertiary/aromatic N) is 3. The van der Waals surface area contributed by atoms with Crippen LogP contribution in [0.15, 0.2) is 79.5 Å². The molecule has 2 heterocycles. The number of alkyl halides is 1. The summed E-state index contributed by atoms with van der Waals surface area (Å²) in [5.41, 5.74) is 3.24. The number of carbonyl (C=O) groups is 1. The summed E-state index contributed by atoms with van der Waals surface area (Å²) in [7, 11) is 0. The van der Waals surface area contributed by atoms with Crippen molar-refractivity contribution in [2.45, 2.75) is 18.9 Å². The highest BCUT2D eigenvalue weighted by atomic mass is 19.1. The normalized spacial score (nSPS) is 14.2. The number of para-hydroxylation sites is 1. The standard InChI is InChI=1S/C30H29F2N5O2/c1-2-28(38)34-22-7-3-5-20(17-22)25-8-4-6-21-19-33-30(36-29(21)25)35-27-10-9-24(18-26(27)32)39-23-11-14-37(15-12-23)16-13-31/h2-10,17-19,23H,1,11-16H2,(H,34,38)(H,33,35,36). The Labute approximate surface area is 225 Å². The van der Waals surface area contributed by atoms with Crippen molar-refractivity contribution in [2.75, 3.05) is 36.9 Å². The molecule has 2 N–H and O–H groups in total. The molecule has 4 aromatic rings. The molecule has 1 aromatic heterocycles. The number of fused-ring (bicyclic) bond motifs is 1. The number of aromatic nitrogens is 2. The first kappa shape index (κ1) is 26.2. The lowest BCUT2D eigenvalue weighted by Gasteiger charge is -2.31. The molecule has 39 heavy (non-hydrogen) atoms. The number of anilines is 3. The van der Waals surface area contributed by atoms with Crippen molar-refractivity contribution in [3.05, 3.63) is 85.3 Å². The smallest absolute Gasteiger partial charge is 0.247 e. The first-order valence-corrected chi connectivity index (χ1v) is 12.8.